The molecular formula is C20H26N4O2. The zero-order valence-corrected chi connectivity index (χ0v) is 15.3. The number of carbonyl (C=O) groups excluding carboxylic acids is 1. The Labute approximate surface area is 154 Å². The molecule has 0 unspecified atom stereocenters. The number of hydrogen-bond acceptors (Lipinski definition) is 4. The van der Waals surface area contributed by atoms with Gasteiger partial charge >= 0.3 is 6.03 Å². The molecule has 2 amide bonds. The summed E-state index contributed by atoms with van der Waals surface area (Å²) in [5.41, 5.74) is 2.28. The molecule has 3 rings (SSSR count). The van der Waals surface area contributed by atoms with E-state index in [-0.39, 0.29) is 12.1 Å². The average Bonchev–Trinajstić information content (AvgIpc) is 3.14. The second-order valence-electron chi connectivity index (χ2n) is 6.74. The van der Waals surface area contributed by atoms with Crippen LogP contribution in [-0.4, -0.2) is 44.4 Å². The Bertz CT molecular complexity index is 721. The molecule has 0 bridgehead atoms. The van der Waals surface area contributed by atoms with Crippen molar-refractivity contribution in [1.82, 2.24) is 15.6 Å². The molecule has 0 saturated carbocycles. The minimum absolute atomic E-state index is 0.0571. The number of anilines is 1. The quantitative estimate of drug-likeness (QED) is 0.837. The Kier molecular flexibility index (Phi) is 6.07. The van der Waals surface area contributed by atoms with Crippen molar-refractivity contribution < 1.29 is 9.53 Å². The predicted molar refractivity (Wildman–Crippen MR) is 102 cm³/mol. The first-order valence-electron chi connectivity index (χ1n) is 8.93. The molecule has 1 aromatic carbocycles. The van der Waals surface area contributed by atoms with Crippen molar-refractivity contribution in [2.24, 2.45) is 0 Å². The molecule has 1 aliphatic heterocycles. The maximum atomic E-state index is 12.1. The van der Waals surface area contributed by atoms with Gasteiger partial charge in [-0.15, -0.1) is 0 Å². The van der Waals surface area contributed by atoms with Crippen LogP contribution in [0, 0.1) is 0 Å². The molecule has 2 N–H and O–H groups in total. The van der Waals surface area contributed by atoms with Crippen molar-refractivity contribution in [1.29, 1.82) is 0 Å². The summed E-state index contributed by atoms with van der Waals surface area (Å²) in [6.45, 7) is 1.66. The van der Waals surface area contributed by atoms with Gasteiger partial charge in [0.2, 0.25) is 0 Å². The van der Waals surface area contributed by atoms with Gasteiger partial charge in [-0.2, -0.15) is 0 Å². The molecule has 138 valence electrons. The third-order valence-electron chi connectivity index (χ3n) is 4.57. The van der Waals surface area contributed by atoms with Gasteiger partial charge in [0.05, 0.1) is 12.7 Å². The molecule has 1 aromatic heterocycles. The highest BCUT2D eigenvalue weighted by molar-refractivity contribution is 5.74. The summed E-state index contributed by atoms with van der Waals surface area (Å²) in [4.78, 5) is 18.4. The number of carbonyl (C=O) groups is 1. The van der Waals surface area contributed by atoms with E-state index in [9.17, 15) is 4.79 Å². The van der Waals surface area contributed by atoms with Gasteiger partial charge in [-0.3, -0.25) is 0 Å². The molecule has 1 aliphatic rings. The van der Waals surface area contributed by atoms with Crippen LogP contribution in [0.3, 0.4) is 0 Å². The summed E-state index contributed by atoms with van der Waals surface area (Å²) in [7, 11) is 3.87. The fraction of sp³-hybridized carbons (Fsp3) is 0.400. The molecule has 0 aliphatic carbocycles. The van der Waals surface area contributed by atoms with Gasteiger partial charge in [-0.25, -0.2) is 9.78 Å². The molecule has 0 radical (unpaired) electrons. The van der Waals surface area contributed by atoms with E-state index in [4.69, 9.17) is 4.74 Å². The fourth-order valence-corrected chi connectivity index (χ4v) is 3.22. The molecule has 2 heterocycles. The van der Waals surface area contributed by atoms with Crippen LogP contribution < -0.4 is 15.5 Å². The van der Waals surface area contributed by atoms with Crippen molar-refractivity contribution in [3.8, 4) is 0 Å². The predicted octanol–water partition coefficient (Wildman–Crippen LogP) is 2.52. The van der Waals surface area contributed by atoms with Gasteiger partial charge < -0.3 is 20.3 Å². The Balaban J connectivity index is 1.43. The van der Waals surface area contributed by atoms with E-state index in [0.29, 0.717) is 25.6 Å². The highest BCUT2D eigenvalue weighted by Gasteiger charge is 2.26. The van der Waals surface area contributed by atoms with E-state index in [1.54, 1.807) is 6.20 Å². The van der Waals surface area contributed by atoms with E-state index in [2.05, 4.69) is 39.9 Å². The number of aromatic nitrogens is 1. The summed E-state index contributed by atoms with van der Waals surface area (Å²) in [6.07, 6.45) is 2.73. The van der Waals surface area contributed by atoms with Gasteiger partial charge in [0.15, 0.2) is 0 Å². The molecule has 1 fully saturated rings. The van der Waals surface area contributed by atoms with Crippen LogP contribution in [0.25, 0.3) is 0 Å². The van der Waals surface area contributed by atoms with E-state index < -0.39 is 0 Å². The maximum absolute atomic E-state index is 12.1. The molecule has 6 nitrogen and oxygen atoms in total. The fourth-order valence-electron chi connectivity index (χ4n) is 3.22. The number of pyridine rings is 1. The number of urea groups is 1. The van der Waals surface area contributed by atoms with E-state index in [0.717, 1.165) is 17.8 Å². The first-order valence-corrected chi connectivity index (χ1v) is 8.93. The summed E-state index contributed by atoms with van der Waals surface area (Å²) >= 11 is 0. The lowest BCUT2D eigenvalue weighted by Crippen LogP contribution is -2.39. The van der Waals surface area contributed by atoms with Crippen LogP contribution >= 0.6 is 0 Å². The first-order chi connectivity index (χ1) is 12.6. The maximum Gasteiger partial charge on any atom is 0.315 e. The van der Waals surface area contributed by atoms with Crippen LogP contribution in [0.5, 0.6) is 0 Å². The SMILES string of the molecule is CN(C)c1ncccc1CNC(=O)NC[C@@H]1C[C@H](c2ccccc2)CO1. The number of benzene rings is 1. The molecule has 26 heavy (non-hydrogen) atoms. The van der Waals surface area contributed by atoms with Crippen molar-refractivity contribution in [2.45, 2.75) is 25.0 Å². The van der Waals surface area contributed by atoms with Crippen molar-refractivity contribution in [3.63, 3.8) is 0 Å². The van der Waals surface area contributed by atoms with Crippen LogP contribution in [0.15, 0.2) is 48.7 Å². The van der Waals surface area contributed by atoms with Crippen LogP contribution in [0.1, 0.15) is 23.5 Å². The zero-order chi connectivity index (χ0) is 18.4. The Morgan fingerprint density at radius 2 is 2.00 bits per heavy atom. The summed E-state index contributed by atoms with van der Waals surface area (Å²) in [5, 5.41) is 5.80. The largest absolute Gasteiger partial charge is 0.376 e. The van der Waals surface area contributed by atoms with Crippen LogP contribution in [-0.2, 0) is 11.3 Å². The third kappa shape index (κ3) is 4.73. The summed E-state index contributed by atoms with van der Waals surface area (Å²) in [6, 6.07) is 14.0. The Hall–Kier alpha value is -2.60. The highest BCUT2D eigenvalue weighted by atomic mass is 16.5. The number of amides is 2. The van der Waals surface area contributed by atoms with Crippen molar-refractivity contribution in [3.05, 3.63) is 59.8 Å². The second-order valence-corrected chi connectivity index (χ2v) is 6.74. The topological polar surface area (TPSA) is 66.5 Å². The second kappa shape index (κ2) is 8.67. The Morgan fingerprint density at radius 3 is 2.77 bits per heavy atom. The number of ether oxygens (including phenoxy) is 1. The monoisotopic (exact) mass is 354 g/mol. The minimum Gasteiger partial charge on any atom is -0.376 e. The van der Waals surface area contributed by atoms with Crippen molar-refractivity contribution in [2.75, 3.05) is 32.1 Å². The van der Waals surface area contributed by atoms with Crippen molar-refractivity contribution >= 4 is 11.8 Å². The highest BCUT2D eigenvalue weighted by Crippen LogP contribution is 2.28. The summed E-state index contributed by atoms with van der Waals surface area (Å²) < 4.78 is 5.82. The average molecular weight is 354 g/mol. The third-order valence-corrected chi connectivity index (χ3v) is 4.57. The lowest BCUT2D eigenvalue weighted by molar-refractivity contribution is 0.110. The van der Waals surface area contributed by atoms with E-state index in [1.165, 1.54) is 5.56 Å². The number of hydrogen-bond donors (Lipinski definition) is 2. The normalized spacial score (nSPS) is 19.2. The van der Waals surface area contributed by atoms with Gasteiger partial charge in [-0.05, 0) is 18.1 Å². The van der Waals surface area contributed by atoms with Gasteiger partial charge in [0, 0.05) is 44.9 Å². The number of rotatable bonds is 6. The summed E-state index contributed by atoms with van der Waals surface area (Å²) in [5.74, 6) is 1.27. The molecule has 0 spiro atoms. The zero-order valence-electron chi connectivity index (χ0n) is 15.3. The minimum atomic E-state index is -0.190. The molecule has 6 heteroatoms. The van der Waals surface area contributed by atoms with Crippen LogP contribution in [0.2, 0.25) is 0 Å². The van der Waals surface area contributed by atoms with E-state index in [1.807, 2.05) is 37.2 Å². The van der Waals surface area contributed by atoms with Gasteiger partial charge in [0.1, 0.15) is 5.82 Å². The first kappa shape index (κ1) is 18.2. The molecule has 1 saturated heterocycles. The molecule has 2 atom stereocenters. The molecule has 2 aromatic rings. The van der Waals surface area contributed by atoms with E-state index >= 15 is 0 Å². The lowest BCUT2D eigenvalue weighted by atomic mass is 9.96. The van der Waals surface area contributed by atoms with Gasteiger partial charge in [0.25, 0.3) is 0 Å². The number of nitrogens with zero attached hydrogens (tertiary/aromatic N) is 2. The smallest absolute Gasteiger partial charge is 0.315 e. The van der Waals surface area contributed by atoms with Crippen LogP contribution in [0.4, 0.5) is 10.6 Å². The van der Waals surface area contributed by atoms with Gasteiger partial charge in [-0.1, -0.05) is 36.4 Å². The Morgan fingerprint density at radius 1 is 1.19 bits per heavy atom. The number of nitrogens with one attached hydrogen (secondary N) is 2. The lowest BCUT2D eigenvalue weighted by Gasteiger charge is -2.16. The molecular weight excluding hydrogens is 328 g/mol. The standard InChI is InChI=1S/C20H26N4O2/c1-24(2)19-16(9-6-10-21-19)12-22-20(25)23-13-18-11-17(14-26-18)15-7-4-3-5-8-15/h3-10,17-18H,11-14H2,1-2H3,(H2,22,23,25)/t17-,18-/m0/s1.